The van der Waals surface area contributed by atoms with Crippen LogP contribution in [-0.4, -0.2) is 46.2 Å². The predicted octanol–water partition coefficient (Wildman–Crippen LogP) is 1.91. The molecule has 0 fully saturated rings. The summed E-state index contributed by atoms with van der Waals surface area (Å²) in [6.07, 6.45) is -2.06. The highest BCUT2D eigenvalue weighted by atomic mass is 16.6. The van der Waals surface area contributed by atoms with Crippen molar-refractivity contribution in [2.24, 2.45) is 0 Å². The molecule has 3 aromatic rings. The van der Waals surface area contributed by atoms with E-state index >= 15 is 0 Å². The Morgan fingerprint density at radius 1 is 1.11 bits per heavy atom. The molecule has 0 aliphatic carbocycles. The molecule has 1 heterocycles. The van der Waals surface area contributed by atoms with Crippen molar-refractivity contribution in [1.29, 1.82) is 0 Å². The standard InChI is InChI=1S/C19H18N4O5/c1-12(17(24)20-19(26)27-2)28-18(25)14-9-7-13(8-10-14)11-23-16-6-4-3-5-15(16)21-22-23/h3-10,12H,11H2,1-2H3,(H,20,24,26)/t12-/m0/s1. The van der Waals surface area contributed by atoms with Crippen molar-refractivity contribution in [3.05, 3.63) is 59.7 Å². The van der Waals surface area contributed by atoms with Gasteiger partial charge in [-0.1, -0.05) is 29.5 Å². The highest BCUT2D eigenvalue weighted by molar-refractivity contribution is 5.97. The lowest BCUT2D eigenvalue weighted by atomic mass is 10.1. The summed E-state index contributed by atoms with van der Waals surface area (Å²) in [6, 6.07) is 14.4. The van der Waals surface area contributed by atoms with Crippen LogP contribution in [0.4, 0.5) is 4.79 Å². The summed E-state index contributed by atoms with van der Waals surface area (Å²) in [5.74, 6) is -1.44. The average molecular weight is 382 g/mol. The first-order chi connectivity index (χ1) is 13.5. The molecule has 9 heteroatoms. The van der Waals surface area contributed by atoms with Crippen LogP contribution in [0.25, 0.3) is 11.0 Å². The van der Waals surface area contributed by atoms with E-state index in [9.17, 15) is 14.4 Å². The number of imide groups is 1. The molecular weight excluding hydrogens is 364 g/mol. The van der Waals surface area contributed by atoms with E-state index in [1.165, 1.54) is 6.92 Å². The molecule has 0 radical (unpaired) electrons. The Bertz CT molecular complexity index is 1010. The maximum Gasteiger partial charge on any atom is 0.413 e. The van der Waals surface area contributed by atoms with Crippen LogP contribution < -0.4 is 5.32 Å². The van der Waals surface area contributed by atoms with Gasteiger partial charge in [-0.15, -0.1) is 5.10 Å². The first-order valence-corrected chi connectivity index (χ1v) is 8.45. The number of nitrogens with zero attached hydrogens (tertiary/aromatic N) is 3. The zero-order valence-corrected chi connectivity index (χ0v) is 15.3. The van der Waals surface area contributed by atoms with E-state index in [1.54, 1.807) is 28.9 Å². The summed E-state index contributed by atoms with van der Waals surface area (Å²) in [4.78, 5) is 34.9. The van der Waals surface area contributed by atoms with Crippen LogP contribution in [0.5, 0.6) is 0 Å². The van der Waals surface area contributed by atoms with E-state index in [0.717, 1.165) is 23.7 Å². The van der Waals surface area contributed by atoms with Gasteiger partial charge in [0.1, 0.15) is 5.52 Å². The number of methoxy groups -OCH3 is 1. The number of fused-ring (bicyclic) bond motifs is 1. The van der Waals surface area contributed by atoms with Crippen LogP contribution in [0.2, 0.25) is 0 Å². The zero-order valence-electron chi connectivity index (χ0n) is 15.3. The number of rotatable bonds is 5. The number of para-hydroxylation sites is 1. The fourth-order valence-electron chi connectivity index (χ4n) is 2.49. The van der Waals surface area contributed by atoms with Crippen molar-refractivity contribution in [3.63, 3.8) is 0 Å². The lowest BCUT2D eigenvalue weighted by Gasteiger charge is -2.12. The number of nitrogens with one attached hydrogen (secondary N) is 1. The third-order valence-electron chi connectivity index (χ3n) is 4.01. The summed E-state index contributed by atoms with van der Waals surface area (Å²) in [5.41, 5.74) is 2.92. The largest absolute Gasteiger partial charge is 0.453 e. The van der Waals surface area contributed by atoms with Crippen LogP contribution in [0.15, 0.2) is 48.5 Å². The van der Waals surface area contributed by atoms with Crippen LogP contribution in [0, 0.1) is 0 Å². The van der Waals surface area contributed by atoms with Gasteiger partial charge in [0, 0.05) is 0 Å². The van der Waals surface area contributed by atoms with Crippen molar-refractivity contribution in [2.45, 2.75) is 19.6 Å². The first kappa shape index (κ1) is 19.0. The minimum atomic E-state index is -1.15. The summed E-state index contributed by atoms with van der Waals surface area (Å²) < 4.78 is 11.1. The summed E-state index contributed by atoms with van der Waals surface area (Å²) in [5, 5.41) is 10.2. The highest BCUT2D eigenvalue weighted by Gasteiger charge is 2.21. The van der Waals surface area contributed by atoms with Gasteiger partial charge in [-0.05, 0) is 36.8 Å². The molecule has 144 valence electrons. The van der Waals surface area contributed by atoms with Gasteiger partial charge in [-0.2, -0.15) is 0 Å². The number of esters is 1. The molecule has 2 aromatic carbocycles. The second-order valence-electron chi connectivity index (χ2n) is 5.96. The van der Waals surface area contributed by atoms with E-state index < -0.39 is 24.1 Å². The van der Waals surface area contributed by atoms with Gasteiger partial charge in [0.25, 0.3) is 5.91 Å². The molecule has 1 aromatic heterocycles. The lowest BCUT2D eigenvalue weighted by Crippen LogP contribution is -2.39. The van der Waals surface area contributed by atoms with E-state index in [1.807, 2.05) is 29.6 Å². The SMILES string of the molecule is COC(=O)NC(=O)[C@H](C)OC(=O)c1ccc(Cn2nnc3ccccc32)cc1. The Morgan fingerprint density at radius 3 is 2.54 bits per heavy atom. The van der Waals surface area contributed by atoms with Crippen molar-refractivity contribution in [1.82, 2.24) is 20.3 Å². The summed E-state index contributed by atoms with van der Waals surface area (Å²) in [7, 11) is 1.13. The first-order valence-electron chi connectivity index (χ1n) is 8.45. The average Bonchev–Trinajstić information content (AvgIpc) is 3.11. The number of ether oxygens (including phenoxy) is 2. The molecule has 9 nitrogen and oxygen atoms in total. The Balaban J connectivity index is 1.63. The van der Waals surface area contributed by atoms with Crippen molar-refractivity contribution < 1.29 is 23.9 Å². The molecule has 0 saturated carbocycles. The van der Waals surface area contributed by atoms with E-state index in [4.69, 9.17) is 4.74 Å². The molecule has 0 bridgehead atoms. The van der Waals surface area contributed by atoms with Gasteiger partial charge < -0.3 is 9.47 Å². The topological polar surface area (TPSA) is 112 Å². The molecule has 0 unspecified atom stereocenters. The third-order valence-corrected chi connectivity index (χ3v) is 4.01. The number of aromatic nitrogens is 3. The normalized spacial score (nSPS) is 11.6. The second-order valence-corrected chi connectivity index (χ2v) is 5.96. The number of hydrogen-bond donors (Lipinski definition) is 1. The number of alkyl carbamates (subject to hydrolysis) is 1. The van der Waals surface area contributed by atoms with Crippen LogP contribution in [-0.2, 0) is 20.8 Å². The number of carbonyl (C=O) groups excluding carboxylic acids is 3. The molecular formula is C19H18N4O5. The maximum atomic E-state index is 12.2. The van der Waals surface area contributed by atoms with Gasteiger partial charge in [-0.3, -0.25) is 10.1 Å². The fraction of sp³-hybridized carbons (Fsp3) is 0.211. The molecule has 3 rings (SSSR count). The Labute approximate surface area is 160 Å². The maximum absolute atomic E-state index is 12.2. The fourth-order valence-corrected chi connectivity index (χ4v) is 2.49. The number of hydrogen-bond acceptors (Lipinski definition) is 7. The van der Waals surface area contributed by atoms with Crippen LogP contribution in [0.1, 0.15) is 22.8 Å². The monoisotopic (exact) mass is 382 g/mol. The van der Waals surface area contributed by atoms with E-state index in [2.05, 4.69) is 15.0 Å². The Hall–Kier alpha value is -3.75. The van der Waals surface area contributed by atoms with Gasteiger partial charge in [0.05, 0.1) is 24.7 Å². The third kappa shape index (κ3) is 4.32. The Morgan fingerprint density at radius 2 is 1.82 bits per heavy atom. The minimum absolute atomic E-state index is 0.282. The van der Waals surface area contributed by atoms with Gasteiger partial charge in [0.2, 0.25) is 0 Å². The quantitative estimate of drug-likeness (QED) is 0.671. The molecule has 1 N–H and O–H groups in total. The molecule has 28 heavy (non-hydrogen) atoms. The predicted molar refractivity (Wildman–Crippen MR) is 98.5 cm³/mol. The van der Waals surface area contributed by atoms with Gasteiger partial charge in [-0.25, -0.2) is 14.3 Å². The zero-order chi connectivity index (χ0) is 20.1. The Kier molecular flexibility index (Phi) is 5.64. The molecule has 2 amide bonds. The molecule has 0 saturated heterocycles. The number of benzene rings is 2. The lowest BCUT2D eigenvalue weighted by molar-refractivity contribution is -0.128. The van der Waals surface area contributed by atoms with E-state index in [0.29, 0.717) is 6.54 Å². The molecule has 0 aliphatic heterocycles. The smallest absolute Gasteiger partial charge is 0.413 e. The van der Waals surface area contributed by atoms with E-state index in [-0.39, 0.29) is 5.56 Å². The summed E-state index contributed by atoms with van der Waals surface area (Å²) in [6.45, 7) is 1.86. The molecule has 1 atom stereocenters. The van der Waals surface area contributed by atoms with Crippen molar-refractivity contribution in [3.8, 4) is 0 Å². The number of amides is 2. The second kappa shape index (κ2) is 8.30. The van der Waals surface area contributed by atoms with Gasteiger partial charge >= 0.3 is 12.1 Å². The highest BCUT2D eigenvalue weighted by Crippen LogP contribution is 2.13. The molecule has 0 spiro atoms. The number of carbonyl (C=O) groups is 3. The van der Waals surface area contributed by atoms with Crippen LogP contribution in [0.3, 0.4) is 0 Å². The van der Waals surface area contributed by atoms with Crippen molar-refractivity contribution >= 4 is 29.0 Å². The van der Waals surface area contributed by atoms with Crippen LogP contribution >= 0.6 is 0 Å². The summed E-state index contributed by atoms with van der Waals surface area (Å²) >= 11 is 0. The van der Waals surface area contributed by atoms with Gasteiger partial charge in [0.15, 0.2) is 6.10 Å². The molecule has 0 aliphatic rings. The minimum Gasteiger partial charge on any atom is -0.453 e. The van der Waals surface area contributed by atoms with Crippen molar-refractivity contribution in [2.75, 3.05) is 7.11 Å².